The summed E-state index contributed by atoms with van der Waals surface area (Å²) in [4.78, 5) is 0. The van der Waals surface area contributed by atoms with Crippen LogP contribution in [0.5, 0.6) is 0 Å². The van der Waals surface area contributed by atoms with E-state index in [1.54, 1.807) is 0 Å². The molecule has 1 aromatic carbocycles. The summed E-state index contributed by atoms with van der Waals surface area (Å²) in [6.45, 7) is 4.97. The van der Waals surface area contributed by atoms with Crippen molar-refractivity contribution in [1.29, 1.82) is 0 Å². The zero-order chi connectivity index (χ0) is 13.8. The summed E-state index contributed by atoms with van der Waals surface area (Å²) in [5, 5.41) is 14.9. The summed E-state index contributed by atoms with van der Waals surface area (Å²) in [6.07, 6.45) is 0.970. The highest BCUT2D eigenvalue weighted by molar-refractivity contribution is 9.10. The van der Waals surface area contributed by atoms with Gasteiger partial charge < -0.3 is 5.11 Å². The van der Waals surface area contributed by atoms with Gasteiger partial charge in [-0.3, -0.25) is 4.68 Å². The summed E-state index contributed by atoms with van der Waals surface area (Å²) < 4.78 is 3.00. The summed E-state index contributed by atoms with van der Waals surface area (Å²) in [6, 6.07) is 9.75. The SMILES string of the molecule is CCc1nn(CC)c(CC(O)c2ccccc2)c1Br. The number of aryl methyl sites for hydroxylation is 2. The Morgan fingerprint density at radius 2 is 1.95 bits per heavy atom. The quantitative estimate of drug-likeness (QED) is 0.914. The van der Waals surface area contributed by atoms with Gasteiger partial charge in [-0.15, -0.1) is 0 Å². The molecule has 1 aromatic heterocycles. The maximum absolute atomic E-state index is 10.3. The summed E-state index contributed by atoms with van der Waals surface area (Å²) >= 11 is 3.61. The summed E-state index contributed by atoms with van der Waals surface area (Å²) in [5.41, 5.74) is 3.06. The van der Waals surface area contributed by atoms with Crippen molar-refractivity contribution in [3.8, 4) is 0 Å². The summed E-state index contributed by atoms with van der Waals surface area (Å²) in [7, 11) is 0. The van der Waals surface area contributed by atoms with Crippen LogP contribution in [0.25, 0.3) is 0 Å². The van der Waals surface area contributed by atoms with Crippen molar-refractivity contribution >= 4 is 15.9 Å². The van der Waals surface area contributed by atoms with Gasteiger partial charge in [0.2, 0.25) is 0 Å². The van der Waals surface area contributed by atoms with E-state index in [2.05, 4.69) is 34.9 Å². The Balaban J connectivity index is 2.26. The second kappa shape index (κ2) is 6.35. The molecule has 0 aliphatic rings. The number of halogens is 1. The number of nitrogens with zero attached hydrogens (tertiary/aromatic N) is 2. The third-order valence-electron chi connectivity index (χ3n) is 3.27. The molecule has 0 radical (unpaired) electrons. The minimum atomic E-state index is -0.496. The largest absolute Gasteiger partial charge is 0.388 e. The lowest BCUT2D eigenvalue weighted by atomic mass is 10.0. The minimum Gasteiger partial charge on any atom is -0.388 e. The van der Waals surface area contributed by atoms with Crippen LogP contribution in [-0.4, -0.2) is 14.9 Å². The van der Waals surface area contributed by atoms with Crippen LogP contribution in [0.15, 0.2) is 34.8 Å². The van der Waals surface area contributed by atoms with Crippen molar-refractivity contribution in [2.75, 3.05) is 0 Å². The normalized spacial score (nSPS) is 12.6. The molecular formula is C15H19BrN2O. The summed E-state index contributed by atoms with van der Waals surface area (Å²) in [5.74, 6) is 0. The molecule has 3 nitrogen and oxygen atoms in total. The smallest absolute Gasteiger partial charge is 0.0845 e. The van der Waals surface area contributed by atoms with Gasteiger partial charge in [-0.2, -0.15) is 5.10 Å². The Morgan fingerprint density at radius 3 is 2.53 bits per heavy atom. The first-order chi connectivity index (χ1) is 9.17. The molecule has 1 heterocycles. The van der Waals surface area contributed by atoms with Crippen molar-refractivity contribution in [3.05, 3.63) is 51.8 Å². The maximum atomic E-state index is 10.3. The lowest BCUT2D eigenvalue weighted by Gasteiger charge is -2.12. The van der Waals surface area contributed by atoms with Crippen LogP contribution in [0.4, 0.5) is 0 Å². The zero-order valence-corrected chi connectivity index (χ0v) is 12.9. The monoisotopic (exact) mass is 322 g/mol. The second-order valence-electron chi connectivity index (χ2n) is 4.51. The van der Waals surface area contributed by atoms with E-state index in [0.29, 0.717) is 6.42 Å². The van der Waals surface area contributed by atoms with Gasteiger partial charge in [0, 0.05) is 13.0 Å². The van der Waals surface area contributed by atoms with Crippen LogP contribution in [0.3, 0.4) is 0 Å². The Morgan fingerprint density at radius 1 is 1.26 bits per heavy atom. The predicted octanol–water partition coefficient (Wildman–Crippen LogP) is 3.50. The number of rotatable bonds is 5. The second-order valence-corrected chi connectivity index (χ2v) is 5.30. The average molecular weight is 323 g/mol. The number of aliphatic hydroxyl groups is 1. The molecule has 0 bridgehead atoms. The van der Waals surface area contributed by atoms with Crippen LogP contribution >= 0.6 is 15.9 Å². The van der Waals surface area contributed by atoms with Crippen LogP contribution < -0.4 is 0 Å². The first-order valence-electron chi connectivity index (χ1n) is 6.64. The van der Waals surface area contributed by atoms with E-state index in [-0.39, 0.29) is 0 Å². The first kappa shape index (κ1) is 14.3. The Hall–Kier alpha value is -1.13. The third kappa shape index (κ3) is 3.07. The number of hydrogen-bond acceptors (Lipinski definition) is 2. The number of hydrogen-bond donors (Lipinski definition) is 1. The van der Waals surface area contributed by atoms with E-state index in [0.717, 1.165) is 34.4 Å². The van der Waals surface area contributed by atoms with Crippen molar-refractivity contribution in [1.82, 2.24) is 9.78 Å². The molecule has 102 valence electrons. The van der Waals surface area contributed by atoms with E-state index < -0.39 is 6.10 Å². The van der Waals surface area contributed by atoms with Crippen LogP contribution in [0.1, 0.15) is 36.9 Å². The third-order valence-corrected chi connectivity index (χ3v) is 4.18. The highest BCUT2D eigenvalue weighted by atomic mass is 79.9. The van der Waals surface area contributed by atoms with Crippen LogP contribution in [-0.2, 0) is 19.4 Å². The standard InChI is InChI=1S/C15H19BrN2O/c1-3-12-15(16)13(18(4-2)17-12)10-14(19)11-8-6-5-7-9-11/h5-9,14,19H,3-4,10H2,1-2H3. The zero-order valence-electron chi connectivity index (χ0n) is 11.3. The van der Waals surface area contributed by atoms with Crippen molar-refractivity contribution in [3.63, 3.8) is 0 Å². The van der Waals surface area contributed by atoms with Gasteiger partial charge in [-0.05, 0) is 34.8 Å². The van der Waals surface area contributed by atoms with Gasteiger partial charge >= 0.3 is 0 Å². The molecule has 1 atom stereocenters. The molecule has 0 saturated carbocycles. The van der Waals surface area contributed by atoms with Crippen molar-refractivity contribution in [2.45, 2.75) is 39.3 Å². The van der Waals surface area contributed by atoms with Gasteiger partial charge in [0.1, 0.15) is 0 Å². The fourth-order valence-electron chi connectivity index (χ4n) is 2.19. The van der Waals surface area contributed by atoms with Gasteiger partial charge in [-0.1, -0.05) is 37.3 Å². The molecule has 1 unspecified atom stereocenters. The maximum Gasteiger partial charge on any atom is 0.0845 e. The lowest BCUT2D eigenvalue weighted by molar-refractivity contribution is 0.175. The van der Waals surface area contributed by atoms with E-state index in [1.807, 2.05) is 35.0 Å². The molecule has 0 aliphatic heterocycles. The molecule has 0 saturated heterocycles. The average Bonchev–Trinajstić information content (AvgIpc) is 2.76. The molecule has 19 heavy (non-hydrogen) atoms. The minimum absolute atomic E-state index is 0.496. The molecule has 2 aromatic rings. The number of aromatic nitrogens is 2. The van der Waals surface area contributed by atoms with E-state index >= 15 is 0 Å². The Labute approximate surface area is 122 Å². The van der Waals surface area contributed by atoms with E-state index in [9.17, 15) is 5.11 Å². The van der Waals surface area contributed by atoms with Gasteiger partial charge in [0.15, 0.2) is 0 Å². The lowest BCUT2D eigenvalue weighted by Crippen LogP contribution is -2.08. The molecular weight excluding hydrogens is 304 g/mol. The van der Waals surface area contributed by atoms with Crippen molar-refractivity contribution in [2.24, 2.45) is 0 Å². The topological polar surface area (TPSA) is 38.0 Å². The number of aliphatic hydroxyl groups excluding tert-OH is 1. The van der Waals surface area contributed by atoms with Gasteiger partial charge in [0.25, 0.3) is 0 Å². The van der Waals surface area contributed by atoms with Crippen LogP contribution in [0.2, 0.25) is 0 Å². The van der Waals surface area contributed by atoms with Crippen molar-refractivity contribution < 1.29 is 5.11 Å². The Kier molecular flexibility index (Phi) is 4.77. The molecule has 4 heteroatoms. The van der Waals surface area contributed by atoms with E-state index in [1.165, 1.54) is 0 Å². The number of benzene rings is 1. The van der Waals surface area contributed by atoms with E-state index in [4.69, 9.17) is 0 Å². The fourth-order valence-corrected chi connectivity index (χ4v) is 2.91. The molecule has 0 aliphatic carbocycles. The Bertz CT molecular complexity index is 537. The van der Waals surface area contributed by atoms with Gasteiger partial charge in [-0.25, -0.2) is 0 Å². The van der Waals surface area contributed by atoms with Gasteiger partial charge in [0.05, 0.1) is 22.0 Å². The molecule has 0 fully saturated rings. The molecule has 1 N–H and O–H groups in total. The first-order valence-corrected chi connectivity index (χ1v) is 7.43. The highest BCUT2D eigenvalue weighted by Gasteiger charge is 2.18. The predicted molar refractivity (Wildman–Crippen MR) is 80.1 cm³/mol. The molecule has 0 spiro atoms. The molecule has 2 rings (SSSR count). The fraction of sp³-hybridized carbons (Fsp3) is 0.400. The highest BCUT2D eigenvalue weighted by Crippen LogP contribution is 2.27. The molecule has 0 amide bonds. The van der Waals surface area contributed by atoms with Crippen LogP contribution in [0, 0.1) is 0 Å².